The van der Waals surface area contributed by atoms with Gasteiger partial charge in [0.25, 0.3) is 0 Å². The Labute approximate surface area is 128 Å². The highest BCUT2D eigenvalue weighted by Crippen LogP contribution is 2.18. The summed E-state index contributed by atoms with van der Waals surface area (Å²) in [5.74, 6) is -0.641. The number of ether oxygens (including phenoxy) is 1. The number of halogens is 2. The molecule has 1 rings (SSSR count). The van der Waals surface area contributed by atoms with Crippen LogP contribution in [0.5, 0.6) is 5.75 Å². The van der Waals surface area contributed by atoms with Gasteiger partial charge in [0, 0.05) is 11.1 Å². The fourth-order valence-corrected chi connectivity index (χ4v) is 1.45. The number of benzene rings is 1. The minimum Gasteiger partial charge on any atom is -0.435 e. The lowest BCUT2D eigenvalue weighted by Crippen LogP contribution is -2.46. The Morgan fingerprint density at radius 3 is 2.14 bits per heavy atom. The molecule has 2 N–H and O–H groups in total. The van der Waals surface area contributed by atoms with Gasteiger partial charge in [-0.3, -0.25) is 9.59 Å². The van der Waals surface area contributed by atoms with Crippen LogP contribution in [0.2, 0.25) is 0 Å². The molecule has 0 aliphatic rings. The molecule has 0 saturated heterocycles. The van der Waals surface area contributed by atoms with E-state index in [2.05, 4.69) is 15.4 Å². The number of alkyl halides is 2. The molecule has 2 amide bonds. The second-order valence-corrected chi connectivity index (χ2v) is 5.84. The van der Waals surface area contributed by atoms with Crippen LogP contribution in [-0.4, -0.2) is 24.5 Å². The molecule has 0 saturated carbocycles. The summed E-state index contributed by atoms with van der Waals surface area (Å²) in [5.41, 5.74) is -0.175. The van der Waals surface area contributed by atoms with Crippen molar-refractivity contribution in [2.24, 2.45) is 5.41 Å². The third kappa shape index (κ3) is 5.67. The van der Waals surface area contributed by atoms with E-state index in [1.54, 1.807) is 27.7 Å². The van der Waals surface area contributed by atoms with E-state index >= 15 is 0 Å². The zero-order chi connectivity index (χ0) is 16.9. The third-order valence-electron chi connectivity index (χ3n) is 2.77. The predicted octanol–water partition coefficient (Wildman–Crippen LogP) is 2.78. The van der Waals surface area contributed by atoms with E-state index in [0.717, 1.165) is 0 Å². The summed E-state index contributed by atoms with van der Waals surface area (Å²) in [6.45, 7) is 3.90. The van der Waals surface area contributed by atoms with E-state index in [1.807, 2.05) is 0 Å². The minimum absolute atomic E-state index is 0.00193. The largest absolute Gasteiger partial charge is 0.435 e. The van der Waals surface area contributed by atoms with E-state index in [-0.39, 0.29) is 11.7 Å². The molecule has 7 heteroatoms. The Bertz CT molecular complexity index is 525. The van der Waals surface area contributed by atoms with Crippen LogP contribution in [0.1, 0.15) is 27.7 Å². The van der Waals surface area contributed by atoms with E-state index in [1.165, 1.54) is 24.3 Å². The monoisotopic (exact) mass is 314 g/mol. The molecular weight excluding hydrogens is 294 g/mol. The van der Waals surface area contributed by atoms with Crippen molar-refractivity contribution >= 4 is 17.5 Å². The topological polar surface area (TPSA) is 67.4 Å². The lowest BCUT2D eigenvalue weighted by Gasteiger charge is -2.21. The number of hydrogen-bond donors (Lipinski definition) is 2. The molecule has 0 spiro atoms. The van der Waals surface area contributed by atoms with Crippen molar-refractivity contribution in [1.29, 1.82) is 0 Å². The number of carbonyl (C=O) groups excluding carboxylic acids is 2. The van der Waals surface area contributed by atoms with Gasteiger partial charge < -0.3 is 15.4 Å². The van der Waals surface area contributed by atoms with Gasteiger partial charge in [-0.05, 0) is 31.2 Å². The van der Waals surface area contributed by atoms with Gasteiger partial charge in [-0.15, -0.1) is 0 Å². The van der Waals surface area contributed by atoms with Gasteiger partial charge in [0.05, 0.1) is 0 Å². The van der Waals surface area contributed by atoms with Gasteiger partial charge >= 0.3 is 6.61 Å². The molecule has 0 unspecified atom stereocenters. The normalized spacial score (nSPS) is 12.7. The number of amides is 2. The van der Waals surface area contributed by atoms with Crippen molar-refractivity contribution in [3.63, 3.8) is 0 Å². The van der Waals surface area contributed by atoms with E-state index in [4.69, 9.17) is 0 Å². The lowest BCUT2D eigenvalue weighted by atomic mass is 9.95. The van der Waals surface area contributed by atoms with Crippen LogP contribution >= 0.6 is 0 Å². The van der Waals surface area contributed by atoms with Gasteiger partial charge in [-0.2, -0.15) is 8.78 Å². The predicted molar refractivity (Wildman–Crippen MR) is 78.8 cm³/mol. The summed E-state index contributed by atoms with van der Waals surface area (Å²) in [6, 6.07) is 4.80. The smallest absolute Gasteiger partial charge is 0.387 e. The zero-order valence-corrected chi connectivity index (χ0v) is 12.9. The summed E-state index contributed by atoms with van der Waals surface area (Å²) in [7, 11) is 0. The van der Waals surface area contributed by atoms with Crippen LogP contribution in [0, 0.1) is 5.41 Å². The van der Waals surface area contributed by atoms with Gasteiger partial charge in [-0.1, -0.05) is 20.8 Å². The molecule has 22 heavy (non-hydrogen) atoms. The fraction of sp³-hybridized carbons (Fsp3) is 0.467. The number of anilines is 1. The summed E-state index contributed by atoms with van der Waals surface area (Å²) in [4.78, 5) is 23.8. The molecule has 0 aliphatic heterocycles. The van der Waals surface area contributed by atoms with Crippen LogP contribution in [0.15, 0.2) is 24.3 Å². The van der Waals surface area contributed by atoms with Crippen LogP contribution in [0.3, 0.4) is 0 Å². The minimum atomic E-state index is -2.90. The van der Waals surface area contributed by atoms with Crippen molar-refractivity contribution in [2.45, 2.75) is 40.3 Å². The number of carbonyl (C=O) groups is 2. The van der Waals surface area contributed by atoms with Crippen LogP contribution in [-0.2, 0) is 9.59 Å². The molecule has 0 bridgehead atoms. The molecule has 0 aliphatic carbocycles. The molecule has 0 heterocycles. The first-order valence-corrected chi connectivity index (χ1v) is 6.76. The Kier molecular flexibility index (Phi) is 5.84. The average Bonchev–Trinajstić information content (AvgIpc) is 2.39. The van der Waals surface area contributed by atoms with Gasteiger partial charge in [0.1, 0.15) is 11.8 Å². The Balaban J connectivity index is 2.59. The van der Waals surface area contributed by atoms with Gasteiger partial charge in [0.2, 0.25) is 11.8 Å². The number of nitrogens with one attached hydrogen (secondary N) is 2. The second kappa shape index (κ2) is 7.20. The van der Waals surface area contributed by atoms with Crippen molar-refractivity contribution in [3.05, 3.63) is 24.3 Å². The Morgan fingerprint density at radius 2 is 1.68 bits per heavy atom. The maximum atomic E-state index is 12.0. The highest BCUT2D eigenvalue weighted by atomic mass is 19.3. The summed E-state index contributed by atoms with van der Waals surface area (Å²) in [5, 5.41) is 5.18. The standard InChI is InChI=1S/C15H20F2N2O3/c1-9(18-13(21)15(2,3)4)12(20)19-10-5-7-11(8-6-10)22-14(16)17/h5-9,14H,1-4H3,(H,18,21)(H,19,20)/t9-/m1/s1. The first kappa shape index (κ1) is 17.9. The Morgan fingerprint density at radius 1 is 1.14 bits per heavy atom. The lowest BCUT2D eigenvalue weighted by molar-refractivity contribution is -0.131. The first-order valence-electron chi connectivity index (χ1n) is 6.76. The number of hydrogen-bond acceptors (Lipinski definition) is 3. The van der Waals surface area contributed by atoms with Gasteiger partial charge in [-0.25, -0.2) is 0 Å². The molecule has 122 valence electrons. The fourth-order valence-electron chi connectivity index (χ4n) is 1.45. The highest BCUT2D eigenvalue weighted by molar-refractivity contribution is 5.97. The second-order valence-electron chi connectivity index (χ2n) is 5.84. The van der Waals surface area contributed by atoms with Crippen LogP contribution in [0.25, 0.3) is 0 Å². The molecule has 0 aromatic heterocycles. The molecule has 1 aromatic rings. The van der Waals surface area contributed by atoms with Gasteiger partial charge in [0.15, 0.2) is 0 Å². The Hall–Kier alpha value is -2.18. The first-order chi connectivity index (χ1) is 10.1. The molecule has 0 fully saturated rings. The molecule has 0 radical (unpaired) electrons. The van der Waals surface area contributed by atoms with Crippen molar-refractivity contribution in [3.8, 4) is 5.75 Å². The van der Waals surface area contributed by atoms with E-state index in [0.29, 0.717) is 5.69 Å². The maximum absolute atomic E-state index is 12.0. The quantitative estimate of drug-likeness (QED) is 0.878. The summed E-state index contributed by atoms with van der Waals surface area (Å²) >= 11 is 0. The van der Waals surface area contributed by atoms with Crippen molar-refractivity contribution in [1.82, 2.24) is 5.32 Å². The molecular formula is C15H20F2N2O3. The molecule has 1 aromatic carbocycles. The highest BCUT2D eigenvalue weighted by Gasteiger charge is 2.25. The van der Waals surface area contributed by atoms with Crippen LogP contribution < -0.4 is 15.4 Å². The number of rotatable bonds is 5. The third-order valence-corrected chi connectivity index (χ3v) is 2.77. The molecule has 5 nitrogen and oxygen atoms in total. The average molecular weight is 314 g/mol. The SMILES string of the molecule is C[C@@H](NC(=O)C(C)(C)C)C(=O)Nc1ccc(OC(F)F)cc1. The van der Waals surface area contributed by atoms with E-state index < -0.39 is 24.0 Å². The summed E-state index contributed by atoms with van der Waals surface area (Å²) in [6.07, 6.45) is 0. The van der Waals surface area contributed by atoms with Crippen molar-refractivity contribution < 1.29 is 23.1 Å². The van der Waals surface area contributed by atoms with Crippen LogP contribution in [0.4, 0.5) is 14.5 Å². The van der Waals surface area contributed by atoms with Crippen molar-refractivity contribution in [2.75, 3.05) is 5.32 Å². The van der Waals surface area contributed by atoms with E-state index in [9.17, 15) is 18.4 Å². The zero-order valence-electron chi connectivity index (χ0n) is 12.9. The summed E-state index contributed by atoms with van der Waals surface area (Å²) < 4.78 is 28.3. The molecule has 1 atom stereocenters. The maximum Gasteiger partial charge on any atom is 0.387 e.